The zero-order valence-corrected chi connectivity index (χ0v) is 18.0. The van der Waals surface area contributed by atoms with E-state index in [9.17, 15) is 9.90 Å². The van der Waals surface area contributed by atoms with Crippen LogP contribution in [-0.2, 0) is 4.74 Å². The van der Waals surface area contributed by atoms with Crippen molar-refractivity contribution in [1.29, 1.82) is 0 Å². The summed E-state index contributed by atoms with van der Waals surface area (Å²) in [6.45, 7) is 4.34. The molecule has 6 rings (SSSR count). The number of likely N-dealkylation sites (tertiary alicyclic amines) is 1. The van der Waals surface area contributed by atoms with Crippen LogP contribution in [0.1, 0.15) is 16.2 Å². The van der Waals surface area contributed by atoms with E-state index in [2.05, 4.69) is 22.0 Å². The quantitative estimate of drug-likeness (QED) is 0.687. The van der Waals surface area contributed by atoms with Gasteiger partial charge in [0, 0.05) is 48.8 Å². The van der Waals surface area contributed by atoms with Gasteiger partial charge in [-0.3, -0.25) is 4.79 Å². The number of morpholine rings is 1. The Kier molecular flexibility index (Phi) is 4.45. The van der Waals surface area contributed by atoms with Crippen molar-refractivity contribution in [3.8, 4) is 0 Å². The molecule has 1 aromatic carbocycles. The average Bonchev–Trinajstić information content (AvgIpc) is 3.25. The molecule has 0 saturated carbocycles. The van der Waals surface area contributed by atoms with E-state index in [1.54, 1.807) is 6.07 Å². The summed E-state index contributed by atoms with van der Waals surface area (Å²) in [7, 11) is 0. The molecular formula is C25H26N4O3. The number of nitrogens with zero attached hydrogens (tertiary/aromatic N) is 4. The number of pyridine rings is 2. The second-order valence-corrected chi connectivity index (χ2v) is 9.26. The average molecular weight is 431 g/mol. The minimum atomic E-state index is -0.506. The minimum Gasteiger partial charge on any atom is -0.396 e. The number of hydrogen-bond donors (Lipinski definition) is 1. The highest BCUT2D eigenvalue weighted by molar-refractivity contribution is 5.93. The van der Waals surface area contributed by atoms with E-state index in [0.29, 0.717) is 25.3 Å². The normalized spacial score (nSPS) is 28.9. The van der Waals surface area contributed by atoms with Gasteiger partial charge in [-0.05, 0) is 30.5 Å². The number of carbonyl (C=O) groups is 1. The van der Waals surface area contributed by atoms with Crippen LogP contribution in [0.2, 0.25) is 0 Å². The maximum absolute atomic E-state index is 13.3. The molecular weight excluding hydrogens is 404 g/mol. The lowest BCUT2D eigenvalue weighted by Crippen LogP contribution is -2.55. The van der Waals surface area contributed by atoms with Crippen molar-refractivity contribution in [2.24, 2.45) is 11.8 Å². The number of anilines is 1. The molecule has 0 unspecified atom stereocenters. The molecule has 32 heavy (non-hydrogen) atoms. The first kappa shape index (κ1) is 19.6. The molecule has 2 aromatic heterocycles. The zero-order valence-electron chi connectivity index (χ0n) is 18.0. The van der Waals surface area contributed by atoms with E-state index in [1.807, 2.05) is 48.4 Å². The van der Waals surface area contributed by atoms with Gasteiger partial charge in [0.25, 0.3) is 5.91 Å². The lowest BCUT2D eigenvalue weighted by Gasteiger charge is -2.40. The fourth-order valence-corrected chi connectivity index (χ4v) is 5.93. The van der Waals surface area contributed by atoms with E-state index in [1.165, 1.54) is 0 Å². The minimum absolute atomic E-state index is 0.00162. The number of carbonyl (C=O) groups excluding carboxylic acids is 1. The van der Waals surface area contributed by atoms with E-state index >= 15 is 0 Å². The van der Waals surface area contributed by atoms with E-state index in [-0.39, 0.29) is 30.5 Å². The number of rotatable bonds is 3. The summed E-state index contributed by atoms with van der Waals surface area (Å²) in [5, 5.41) is 12.5. The number of fused-ring (bicyclic) bond motifs is 2. The van der Waals surface area contributed by atoms with Gasteiger partial charge >= 0.3 is 0 Å². The molecule has 7 heteroatoms. The molecule has 1 N–H and O–H groups in total. The molecule has 5 heterocycles. The van der Waals surface area contributed by atoms with Crippen LogP contribution in [0.3, 0.4) is 0 Å². The third-order valence-corrected chi connectivity index (χ3v) is 7.35. The number of aryl methyl sites for hydroxylation is 1. The van der Waals surface area contributed by atoms with Crippen LogP contribution in [-0.4, -0.2) is 70.4 Å². The molecule has 3 aromatic rings. The Morgan fingerprint density at radius 2 is 2.03 bits per heavy atom. The summed E-state index contributed by atoms with van der Waals surface area (Å²) in [4.78, 5) is 26.6. The molecule has 4 atom stereocenters. The maximum atomic E-state index is 13.3. The zero-order chi connectivity index (χ0) is 21.9. The van der Waals surface area contributed by atoms with Gasteiger partial charge in [0.2, 0.25) is 0 Å². The molecule has 3 saturated heterocycles. The molecule has 7 nitrogen and oxygen atoms in total. The summed E-state index contributed by atoms with van der Waals surface area (Å²) >= 11 is 0. The number of aliphatic hydroxyl groups is 1. The highest BCUT2D eigenvalue weighted by Gasteiger charge is 2.63. The standard InChI is InChI=1S/C25H26N4O3/c1-16-5-4-8-21(27-16)24(31)29-12-22-19(13-30)20-11-28(14-25(20,15-29)32-22)23-18-7-3-2-6-17(18)9-10-26-23/h2-10,19-20,22,30H,11-15H2,1H3/t19-,20+,22+,25-/m0/s1. The molecule has 0 radical (unpaired) electrons. The van der Waals surface area contributed by atoms with Crippen molar-refractivity contribution in [2.45, 2.75) is 18.6 Å². The van der Waals surface area contributed by atoms with Crippen molar-refractivity contribution >= 4 is 22.5 Å². The number of benzene rings is 1. The van der Waals surface area contributed by atoms with Crippen LogP contribution in [0.15, 0.2) is 54.7 Å². The predicted octanol–water partition coefficient (Wildman–Crippen LogP) is 2.28. The van der Waals surface area contributed by atoms with Crippen molar-refractivity contribution in [3.63, 3.8) is 0 Å². The Morgan fingerprint density at radius 1 is 1.16 bits per heavy atom. The number of aromatic nitrogens is 2. The van der Waals surface area contributed by atoms with Gasteiger partial charge < -0.3 is 19.6 Å². The summed E-state index contributed by atoms with van der Waals surface area (Å²) in [5.41, 5.74) is 0.782. The van der Waals surface area contributed by atoms with Crippen molar-refractivity contribution < 1.29 is 14.6 Å². The van der Waals surface area contributed by atoms with Crippen LogP contribution in [0.4, 0.5) is 5.82 Å². The number of hydrogen-bond acceptors (Lipinski definition) is 6. The third kappa shape index (κ3) is 2.92. The number of ether oxygens (including phenoxy) is 1. The van der Waals surface area contributed by atoms with Gasteiger partial charge in [-0.1, -0.05) is 30.3 Å². The Morgan fingerprint density at radius 3 is 2.88 bits per heavy atom. The Bertz CT molecular complexity index is 1200. The summed E-state index contributed by atoms with van der Waals surface area (Å²) in [5.74, 6) is 1.01. The predicted molar refractivity (Wildman–Crippen MR) is 121 cm³/mol. The molecule has 164 valence electrons. The highest BCUT2D eigenvalue weighted by Crippen LogP contribution is 2.50. The second-order valence-electron chi connectivity index (χ2n) is 9.26. The van der Waals surface area contributed by atoms with Crippen molar-refractivity contribution in [3.05, 3.63) is 66.1 Å². The lowest BCUT2D eigenvalue weighted by molar-refractivity contribution is -0.100. The molecule has 2 bridgehead atoms. The van der Waals surface area contributed by atoms with Crippen LogP contribution >= 0.6 is 0 Å². The molecule has 1 amide bonds. The van der Waals surface area contributed by atoms with Gasteiger partial charge in [0.05, 0.1) is 19.2 Å². The van der Waals surface area contributed by atoms with Gasteiger partial charge in [-0.15, -0.1) is 0 Å². The molecule has 3 fully saturated rings. The Labute approximate surface area is 186 Å². The van der Waals surface area contributed by atoms with Crippen LogP contribution < -0.4 is 4.90 Å². The SMILES string of the molecule is Cc1cccc(C(=O)N2C[C@H]3O[C@]4(C2)CN(c2nccc5ccccc25)C[C@@H]4[C@@H]3CO)n1. The summed E-state index contributed by atoms with van der Waals surface area (Å²) in [6, 6.07) is 15.8. The summed E-state index contributed by atoms with van der Waals surface area (Å²) in [6.07, 6.45) is 1.69. The van der Waals surface area contributed by atoms with Gasteiger partial charge in [0.1, 0.15) is 17.1 Å². The maximum Gasteiger partial charge on any atom is 0.272 e. The van der Waals surface area contributed by atoms with Crippen LogP contribution in [0.25, 0.3) is 10.8 Å². The first-order valence-electron chi connectivity index (χ1n) is 11.2. The van der Waals surface area contributed by atoms with Gasteiger partial charge in [-0.2, -0.15) is 0 Å². The Balaban J connectivity index is 1.34. The highest BCUT2D eigenvalue weighted by atomic mass is 16.5. The fourth-order valence-electron chi connectivity index (χ4n) is 5.93. The van der Waals surface area contributed by atoms with Crippen molar-refractivity contribution in [2.75, 3.05) is 37.7 Å². The lowest BCUT2D eigenvalue weighted by atomic mass is 9.83. The largest absolute Gasteiger partial charge is 0.396 e. The number of aliphatic hydroxyl groups excluding tert-OH is 1. The van der Waals surface area contributed by atoms with Gasteiger partial charge in [0.15, 0.2) is 0 Å². The molecule has 3 aliphatic heterocycles. The fraction of sp³-hybridized carbons (Fsp3) is 0.400. The van der Waals surface area contributed by atoms with E-state index < -0.39 is 5.60 Å². The molecule has 1 spiro atoms. The monoisotopic (exact) mass is 430 g/mol. The third-order valence-electron chi connectivity index (χ3n) is 7.35. The first-order valence-corrected chi connectivity index (χ1v) is 11.2. The molecule has 3 aliphatic rings. The van der Waals surface area contributed by atoms with Crippen LogP contribution in [0, 0.1) is 18.8 Å². The molecule has 0 aliphatic carbocycles. The summed E-state index contributed by atoms with van der Waals surface area (Å²) < 4.78 is 6.57. The second kappa shape index (κ2) is 7.25. The number of amides is 1. The smallest absolute Gasteiger partial charge is 0.272 e. The van der Waals surface area contributed by atoms with Gasteiger partial charge in [-0.25, -0.2) is 9.97 Å². The van der Waals surface area contributed by atoms with E-state index in [0.717, 1.165) is 28.8 Å². The Hall–Kier alpha value is -3.03. The van der Waals surface area contributed by atoms with Crippen LogP contribution in [0.5, 0.6) is 0 Å². The topological polar surface area (TPSA) is 78.8 Å². The first-order chi connectivity index (χ1) is 15.6. The van der Waals surface area contributed by atoms with E-state index in [4.69, 9.17) is 9.72 Å². The van der Waals surface area contributed by atoms with Crippen molar-refractivity contribution in [1.82, 2.24) is 14.9 Å².